The van der Waals surface area contributed by atoms with Crippen molar-refractivity contribution in [2.45, 2.75) is 25.3 Å². The van der Waals surface area contributed by atoms with Crippen molar-refractivity contribution in [1.82, 2.24) is 4.31 Å². The molecule has 6 nitrogen and oxygen atoms in total. The number of carbonyl (C=O) groups is 1. The fraction of sp³-hybridized carbons (Fsp3) is 0.533. The van der Waals surface area contributed by atoms with Gasteiger partial charge in [0.1, 0.15) is 11.6 Å². The molecular weight excluding hydrogens is 359 g/mol. The largest absolute Gasteiger partial charge is 0.369 e. The van der Waals surface area contributed by atoms with E-state index in [1.165, 1.54) is 4.31 Å². The molecule has 0 unspecified atom stereocenters. The third-order valence-electron chi connectivity index (χ3n) is 4.37. The molecule has 1 heterocycles. The highest BCUT2D eigenvalue weighted by atomic mass is 32.2. The van der Waals surface area contributed by atoms with Crippen molar-refractivity contribution in [2.24, 2.45) is 17.4 Å². The first-order chi connectivity index (χ1) is 11.6. The lowest BCUT2D eigenvalue weighted by Crippen LogP contribution is -2.46. The minimum atomic E-state index is -3.74. The van der Waals surface area contributed by atoms with Crippen molar-refractivity contribution in [1.29, 1.82) is 0 Å². The maximum absolute atomic E-state index is 13.7. The number of rotatable bonds is 6. The normalized spacial score (nSPS) is 18.2. The summed E-state index contributed by atoms with van der Waals surface area (Å²) < 4.78 is 65.0. The Kier molecular flexibility index (Phi) is 6.07. The van der Waals surface area contributed by atoms with Gasteiger partial charge >= 0.3 is 0 Å². The molecule has 1 fully saturated rings. The molecule has 4 N–H and O–H groups in total. The van der Waals surface area contributed by atoms with Crippen LogP contribution in [0.5, 0.6) is 0 Å². The number of nitrogens with zero attached hydrogens (tertiary/aromatic N) is 1. The molecule has 1 atom stereocenters. The van der Waals surface area contributed by atoms with Crippen LogP contribution >= 0.6 is 0 Å². The first-order valence-corrected chi connectivity index (χ1v) is 9.36. The summed E-state index contributed by atoms with van der Waals surface area (Å²) in [6.45, 7) is 0.350. The van der Waals surface area contributed by atoms with Gasteiger partial charge in [-0.15, -0.1) is 0 Å². The Morgan fingerprint density at radius 3 is 2.28 bits per heavy atom. The van der Waals surface area contributed by atoms with Crippen LogP contribution in [0.2, 0.25) is 0 Å². The highest BCUT2D eigenvalue weighted by Crippen LogP contribution is 2.25. The average molecular weight is 379 g/mol. The van der Waals surface area contributed by atoms with Gasteiger partial charge < -0.3 is 11.5 Å². The fourth-order valence-corrected chi connectivity index (χ4v) is 4.30. The predicted molar refractivity (Wildman–Crippen MR) is 85.3 cm³/mol. The number of piperidine rings is 1. The molecular formula is C15H20F3N3O3S. The maximum atomic E-state index is 13.7. The summed E-state index contributed by atoms with van der Waals surface area (Å²) in [4.78, 5) is 10.8. The first kappa shape index (κ1) is 19.7. The van der Waals surface area contributed by atoms with Gasteiger partial charge in [0.25, 0.3) is 0 Å². The molecule has 1 aromatic rings. The Morgan fingerprint density at radius 1 is 1.16 bits per heavy atom. The number of sulfonamides is 1. The standard InChI is InChI=1S/C15H20F3N3O3S/c16-11-7-13(18)12(17)5-10(11)6-14(19)9-1-3-21(4-2-9)25(23,24)8-15(20)22/h5,7,9,14H,1-4,6,8,19H2,(H2,20,22)/t14-/m1/s1. The van der Waals surface area contributed by atoms with E-state index in [0.717, 1.165) is 6.07 Å². The van der Waals surface area contributed by atoms with E-state index in [2.05, 4.69) is 0 Å². The van der Waals surface area contributed by atoms with E-state index >= 15 is 0 Å². The van der Waals surface area contributed by atoms with Gasteiger partial charge in [0.15, 0.2) is 11.6 Å². The van der Waals surface area contributed by atoms with Crippen molar-refractivity contribution < 1.29 is 26.4 Å². The average Bonchev–Trinajstić information content (AvgIpc) is 2.51. The third kappa shape index (κ3) is 4.93. The van der Waals surface area contributed by atoms with Crippen molar-refractivity contribution >= 4 is 15.9 Å². The van der Waals surface area contributed by atoms with E-state index in [1.807, 2.05) is 0 Å². The topological polar surface area (TPSA) is 106 Å². The van der Waals surface area contributed by atoms with Crippen molar-refractivity contribution in [2.75, 3.05) is 18.8 Å². The molecule has 0 radical (unpaired) electrons. The number of hydrogen-bond donors (Lipinski definition) is 2. The Balaban J connectivity index is 1.97. The number of amides is 1. The lowest BCUT2D eigenvalue weighted by molar-refractivity contribution is -0.115. The molecule has 0 aliphatic carbocycles. The van der Waals surface area contributed by atoms with Crippen LogP contribution in [0.1, 0.15) is 18.4 Å². The Labute approximate surface area is 144 Å². The summed E-state index contributed by atoms with van der Waals surface area (Å²) in [5.74, 6) is -5.04. The van der Waals surface area contributed by atoms with Crippen LogP contribution in [-0.2, 0) is 21.2 Å². The van der Waals surface area contributed by atoms with Crippen LogP contribution in [0.15, 0.2) is 12.1 Å². The summed E-state index contributed by atoms with van der Waals surface area (Å²) in [7, 11) is -3.74. The minimum Gasteiger partial charge on any atom is -0.369 e. The monoisotopic (exact) mass is 379 g/mol. The van der Waals surface area contributed by atoms with Crippen LogP contribution in [0.3, 0.4) is 0 Å². The van der Waals surface area contributed by atoms with Gasteiger partial charge in [0, 0.05) is 25.2 Å². The molecule has 1 aromatic carbocycles. The second-order valence-electron chi connectivity index (χ2n) is 6.18. The maximum Gasteiger partial charge on any atom is 0.234 e. The summed E-state index contributed by atoms with van der Waals surface area (Å²) in [5.41, 5.74) is 11.0. The van der Waals surface area contributed by atoms with E-state index in [0.29, 0.717) is 18.9 Å². The number of halogens is 3. The number of nitrogens with two attached hydrogens (primary N) is 2. The van der Waals surface area contributed by atoms with Crippen LogP contribution in [0.25, 0.3) is 0 Å². The van der Waals surface area contributed by atoms with E-state index in [9.17, 15) is 26.4 Å². The van der Waals surface area contributed by atoms with Crippen molar-refractivity contribution in [3.8, 4) is 0 Å². The van der Waals surface area contributed by atoms with E-state index in [-0.39, 0.29) is 31.0 Å². The molecule has 1 aliphatic heterocycles. The second-order valence-corrected chi connectivity index (χ2v) is 8.15. The number of hydrogen-bond acceptors (Lipinski definition) is 4. The zero-order chi connectivity index (χ0) is 18.8. The van der Waals surface area contributed by atoms with Crippen LogP contribution < -0.4 is 11.5 Å². The molecule has 0 saturated carbocycles. The van der Waals surface area contributed by atoms with Gasteiger partial charge in [-0.05, 0) is 36.8 Å². The molecule has 0 spiro atoms. The van der Waals surface area contributed by atoms with Gasteiger partial charge in [-0.1, -0.05) is 0 Å². The van der Waals surface area contributed by atoms with Gasteiger partial charge in [0.2, 0.25) is 15.9 Å². The molecule has 1 amide bonds. The quantitative estimate of drug-likeness (QED) is 0.702. The third-order valence-corrected chi connectivity index (χ3v) is 6.17. The van der Waals surface area contributed by atoms with Gasteiger partial charge in [0.05, 0.1) is 0 Å². The highest BCUT2D eigenvalue weighted by Gasteiger charge is 2.31. The Morgan fingerprint density at radius 2 is 1.72 bits per heavy atom. The van der Waals surface area contributed by atoms with E-state index < -0.39 is 45.2 Å². The zero-order valence-electron chi connectivity index (χ0n) is 13.4. The molecule has 10 heteroatoms. The Bertz CT molecular complexity index is 750. The lowest BCUT2D eigenvalue weighted by Gasteiger charge is -2.34. The van der Waals surface area contributed by atoms with E-state index in [1.54, 1.807) is 0 Å². The molecule has 0 aromatic heterocycles. The summed E-state index contributed by atoms with van der Waals surface area (Å²) in [6, 6.07) is 0.744. The first-order valence-electron chi connectivity index (χ1n) is 7.75. The zero-order valence-corrected chi connectivity index (χ0v) is 14.2. The molecule has 1 aliphatic rings. The van der Waals surface area contributed by atoms with Crippen LogP contribution in [-0.4, -0.2) is 43.5 Å². The fourth-order valence-electron chi connectivity index (χ4n) is 2.99. The van der Waals surface area contributed by atoms with E-state index in [4.69, 9.17) is 11.5 Å². The highest BCUT2D eigenvalue weighted by molar-refractivity contribution is 7.89. The summed E-state index contributed by atoms with van der Waals surface area (Å²) in [6.07, 6.45) is 0.858. The molecule has 140 valence electrons. The number of primary amides is 1. The van der Waals surface area contributed by atoms with Gasteiger partial charge in [-0.25, -0.2) is 25.9 Å². The summed E-state index contributed by atoms with van der Waals surface area (Å²) in [5, 5.41) is 0. The smallest absolute Gasteiger partial charge is 0.234 e. The lowest BCUT2D eigenvalue weighted by atomic mass is 9.87. The van der Waals surface area contributed by atoms with Crippen LogP contribution in [0.4, 0.5) is 13.2 Å². The van der Waals surface area contributed by atoms with Crippen LogP contribution in [0, 0.1) is 23.4 Å². The molecule has 2 rings (SSSR count). The predicted octanol–water partition coefficient (Wildman–Crippen LogP) is 0.501. The summed E-state index contributed by atoms with van der Waals surface area (Å²) >= 11 is 0. The van der Waals surface area contributed by atoms with Gasteiger partial charge in [-0.3, -0.25) is 4.79 Å². The number of carbonyl (C=O) groups excluding carboxylic acids is 1. The van der Waals surface area contributed by atoms with Crippen molar-refractivity contribution in [3.05, 3.63) is 35.1 Å². The Hall–Kier alpha value is -1.65. The molecule has 1 saturated heterocycles. The van der Waals surface area contributed by atoms with Crippen molar-refractivity contribution in [3.63, 3.8) is 0 Å². The van der Waals surface area contributed by atoms with Gasteiger partial charge in [-0.2, -0.15) is 0 Å². The molecule has 25 heavy (non-hydrogen) atoms. The molecule has 0 bridgehead atoms. The second kappa shape index (κ2) is 7.71. The minimum absolute atomic E-state index is 0.0156. The SMILES string of the molecule is NC(=O)CS(=O)(=O)N1CCC([C@H](N)Cc2cc(F)c(F)cc2F)CC1. The number of benzene rings is 1.